The molecule has 0 aliphatic heterocycles. The van der Waals surface area contributed by atoms with Crippen LogP contribution in [0.5, 0.6) is 5.75 Å². The average molecular weight is 345 g/mol. The number of imide groups is 1. The Morgan fingerprint density at radius 2 is 2.00 bits per heavy atom. The van der Waals surface area contributed by atoms with Gasteiger partial charge < -0.3 is 9.47 Å². The van der Waals surface area contributed by atoms with Crippen molar-refractivity contribution in [2.45, 2.75) is 20.8 Å². The number of aryl methyl sites for hydroxylation is 1. The second-order valence-corrected chi connectivity index (χ2v) is 5.96. The van der Waals surface area contributed by atoms with Gasteiger partial charge in [0, 0.05) is 0 Å². The number of rotatable bonds is 5. The SMILES string of the molecule is Cc1cccc2cc(OC(=O)OCC(C)C)cc(C(=O)N(O)C=O)c12. The molecule has 0 heterocycles. The summed E-state index contributed by atoms with van der Waals surface area (Å²) < 4.78 is 10.1. The Morgan fingerprint density at radius 1 is 1.28 bits per heavy atom. The quantitative estimate of drug-likeness (QED) is 0.294. The van der Waals surface area contributed by atoms with Gasteiger partial charge in [-0.3, -0.25) is 14.8 Å². The molecule has 2 rings (SSSR count). The number of hydrogen-bond donors (Lipinski definition) is 1. The number of hydrogen-bond acceptors (Lipinski definition) is 6. The van der Waals surface area contributed by atoms with Crippen molar-refractivity contribution in [1.82, 2.24) is 5.06 Å². The number of carbonyl (C=O) groups is 3. The lowest BCUT2D eigenvalue weighted by molar-refractivity contribution is -0.138. The highest BCUT2D eigenvalue weighted by Crippen LogP contribution is 2.29. The molecule has 0 unspecified atom stereocenters. The molecule has 0 saturated carbocycles. The molecule has 0 aliphatic carbocycles. The maximum absolute atomic E-state index is 12.3. The van der Waals surface area contributed by atoms with E-state index in [2.05, 4.69) is 0 Å². The lowest BCUT2D eigenvalue weighted by atomic mass is 9.99. The average Bonchev–Trinajstić information content (AvgIpc) is 2.58. The van der Waals surface area contributed by atoms with Gasteiger partial charge in [-0.25, -0.2) is 4.79 Å². The molecular weight excluding hydrogens is 326 g/mol. The standard InChI is InChI=1S/C18H19NO6/c1-11(2)9-24-18(22)25-14-7-13-6-4-5-12(3)16(13)15(8-14)17(21)19(23)10-20/h4-8,10-11,23H,9H2,1-3H3. The lowest BCUT2D eigenvalue weighted by Crippen LogP contribution is -2.26. The fourth-order valence-electron chi connectivity index (χ4n) is 2.35. The highest BCUT2D eigenvalue weighted by atomic mass is 16.7. The van der Waals surface area contributed by atoms with Crippen LogP contribution in [0.1, 0.15) is 29.8 Å². The second-order valence-electron chi connectivity index (χ2n) is 5.96. The van der Waals surface area contributed by atoms with Crippen LogP contribution < -0.4 is 4.74 Å². The summed E-state index contributed by atoms with van der Waals surface area (Å²) in [5, 5.41) is 10.6. The van der Waals surface area contributed by atoms with Crippen LogP contribution in [0.25, 0.3) is 10.8 Å². The van der Waals surface area contributed by atoms with Gasteiger partial charge in [0.1, 0.15) is 5.75 Å². The van der Waals surface area contributed by atoms with E-state index >= 15 is 0 Å². The van der Waals surface area contributed by atoms with Crippen LogP contribution in [0.15, 0.2) is 30.3 Å². The maximum atomic E-state index is 12.3. The molecule has 2 amide bonds. The van der Waals surface area contributed by atoms with Crippen molar-refractivity contribution in [3.05, 3.63) is 41.5 Å². The zero-order valence-corrected chi connectivity index (χ0v) is 14.2. The van der Waals surface area contributed by atoms with Crippen LogP contribution in [-0.4, -0.2) is 35.3 Å². The van der Waals surface area contributed by atoms with Crippen molar-refractivity contribution < 1.29 is 29.1 Å². The first-order valence-electron chi connectivity index (χ1n) is 7.69. The van der Waals surface area contributed by atoms with Gasteiger partial charge >= 0.3 is 6.16 Å². The molecular formula is C18H19NO6. The number of nitrogens with zero attached hydrogens (tertiary/aromatic N) is 1. The zero-order chi connectivity index (χ0) is 18.6. The van der Waals surface area contributed by atoms with Crippen LogP contribution in [0.4, 0.5) is 4.79 Å². The van der Waals surface area contributed by atoms with Crippen molar-refractivity contribution >= 4 is 29.2 Å². The number of fused-ring (bicyclic) bond motifs is 1. The second kappa shape index (κ2) is 7.76. The first-order valence-corrected chi connectivity index (χ1v) is 7.69. The van der Waals surface area contributed by atoms with E-state index in [0.717, 1.165) is 5.56 Å². The Bertz CT molecular complexity index is 815. The minimum Gasteiger partial charge on any atom is -0.434 e. The normalized spacial score (nSPS) is 10.6. The third-order valence-corrected chi connectivity index (χ3v) is 3.43. The Kier molecular flexibility index (Phi) is 5.71. The summed E-state index contributed by atoms with van der Waals surface area (Å²) in [4.78, 5) is 34.7. The van der Waals surface area contributed by atoms with E-state index in [1.54, 1.807) is 31.2 Å². The molecule has 0 aliphatic rings. The number of carbonyl (C=O) groups excluding carboxylic acids is 3. The summed E-state index contributed by atoms with van der Waals surface area (Å²) in [5.41, 5.74) is 0.811. The fourth-order valence-corrected chi connectivity index (χ4v) is 2.35. The van der Waals surface area contributed by atoms with Gasteiger partial charge in [-0.15, -0.1) is 0 Å². The Hall–Kier alpha value is -2.93. The largest absolute Gasteiger partial charge is 0.513 e. The van der Waals surface area contributed by atoms with Gasteiger partial charge in [0.2, 0.25) is 6.41 Å². The van der Waals surface area contributed by atoms with Gasteiger partial charge in [0.15, 0.2) is 0 Å². The number of hydroxylamine groups is 2. The van der Waals surface area contributed by atoms with Crippen molar-refractivity contribution in [1.29, 1.82) is 0 Å². The van der Waals surface area contributed by atoms with Gasteiger partial charge in [0.25, 0.3) is 5.91 Å². The molecule has 0 bridgehead atoms. The highest BCUT2D eigenvalue weighted by Gasteiger charge is 2.20. The Labute approximate surface area is 144 Å². The zero-order valence-electron chi connectivity index (χ0n) is 14.2. The molecule has 0 aromatic heterocycles. The van der Waals surface area contributed by atoms with E-state index in [4.69, 9.17) is 9.47 Å². The van der Waals surface area contributed by atoms with Crippen LogP contribution in [0.2, 0.25) is 0 Å². The van der Waals surface area contributed by atoms with Crippen molar-refractivity contribution in [2.24, 2.45) is 5.92 Å². The monoisotopic (exact) mass is 345 g/mol. The molecule has 2 aromatic rings. The van der Waals surface area contributed by atoms with Crippen LogP contribution in [0, 0.1) is 12.8 Å². The van der Waals surface area contributed by atoms with E-state index in [-0.39, 0.29) is 35.3 Å². The van der Waals surface area contributed by atoms with E-state index in [9.17, 15) is 19.6 Å². The summed E-state index contributed by atoms with van der Waals surface area (Å²) in [6.07, 6.45) is -0.896. The molecule has 2 aromatic carbocycles. The number of amides is 2. The van der Waals surface area contributed by atoms with E-state index < -0.39 is 12.1 Å². The molecule has 0 saturated heterocycles. The summed E-state index contributed by atoms with van der Waals surface area (Å²) in [5.74, 6) is -0.690. The number of ether oxygens (including phenoxy) is 2. The molecule has 7 heteroatoms. The lowest BCUT2D eigenvalue weighted by Gasteiger charge is -2.14. The minimum absolute atomic E-state index is 0.00310. The smallest absolute Gasteiger partial charge is 0.434 e. The third kappa shape index (κ3) is 4.33. The molecule has 0 atom stereocenters. The van der Waals surface area contributed by atoms with Crippen LogP contribution in [0.3, 0.4) is 0 Å². The van der Waals surface area contributed by atoms with Gasteiger partial charge in [-0.2, -0.15) is 5.06 Å². The Morgan fingerprint density at radius 3 is 2.64 bits per heavy atom. The van der Waals surface area contributed by atoms with Gasteiger partial charge in [-0.05, 0) is 41.3 Å². The first kappa shape index (κ1) is 18.4. The third-order valence-electron chi connectivity index (χ3n) is 3.43. The van der Waals surface area contributed by atoms with Crippen molar-refractivity contribution in [3.63, 3.8) is 0 Å². The van der Waals surface area contributed by atoms with E-state index in [1.165, 1.54) is 6.07 Å². The molecule has 0 spiro atoms. The summed E-state index contributed by atoms with van der Waals surface area (Å²) in [6.45, 7) is 5.77. The Balaban J connectivity index is 2.45. The molecule has 7 nitrogen and oxygen atoms in total. The fraction of sp³-hybridized carbons (Fsp3) is 0.278. The molecule has 25 heavy (non-hydrogen) atoms. The maximum Gasteiger partial charge on any atom is 0.513 e. The predicted octanol–water partition coefficient (Wildman–Crippen LogP) is 3.31. The van der Waals surface area contributed by atoms with Gasteiger partial charge in [0.05, 0.1) is 12.2 Å². The first-order chi connectivity index (χ1) is 11.8. The molecule has 132 valence electrons. The van der Waals surface area contributed by atoms with Gasteiger partial charge in [-0.1, -0.05) is 32.0 Å². The summed E-state index contributed by atoms with van der Waals surface area (Å²) in [7, 11) is 0. The summed E-state index contributed by atoms with van der Waals surface area (Å²) in [6, 6.07) is 8.18. The highest BCUT2D eigenvalue weighted by molar-refractivity contribution is 6.10. The van der Waals surface area contributed by atoms with Crippen LogP contribution in [-0.2, 0) is 9.53 Å². The van der Waals surface area contributed by atoms with Crippen molar-refractivity contribution in [2.75, 3.05) is 6.61 Å². The van der Waals surface area contributed by atoms with E-state index in [1.807, 2.05) is 13.8 Å². The summed E-state index contributed by atoms with van der Waals surface area (Å²) >= 11 is 0. The minimum atomic E-state index is -0.921. The topological polar surface area (TPSA) is 93.1 Å². The molecule has 0 fully saturated rings. The number of benzene rings is 2. The molecule has 0 radical (unpaired) electrons. The van der Waals surface area contributed by atoms with E-state index in [0.29, 0.717) is 10.8 Å². The van der Waals surface area contributed by atoms with Crippen LogP contribution >= 0.6 is 0 Å². The predicted molar refractivity (Wildman–Crippen MR) is 89.5 cm³/mol. The van der Waals surface area contributed by atoms with Crippen molar-refractivity contribution in [3.8, 4) is 5.75 Å². The molecule has 1 N–H and O–H groups in total.